The molecule has 1 aliphatic rings. The molecule has 1 aromatic rings. The predicted octanol–water partition coefficient (Wildman–Crippen LogP) is 2.20. The number of aromatic nitrogens is 1. The van der Waals surface area contributed by atoms with Crippen molar-refractivity contribution in [3.63, 3.8) is 0 Å². The number of hydrogen-bond acceptors (Lipinski definition) is 7. The number of allylic oxidation sites excluding steroid dienone is 1. The summed E-state index contributed by atoms with van der Waals surface area (Å²) in [4.78, 5) is 15.5. The zero-order chi connectivity index (χ0) is 14.5. The Balaban J connectivity index is 2.07. The van der Waals surface area contributed by atoms with Gasteiger partial charge in [0, 0.05) is 11.6 Å². The van der Waals surface area contributed by atoms with Gasteiger partial charge in [-0.1, -0.05) is 0 Å². The first kappa shape index (κ1) is 15.0. The smallest absolute Gasteiger partial charge is 0.353 e. The number of ether oxygens (including phenoxy) is 1. The van der Waals surface area contributed by atoms with Crippen molar-refractivity contribution in [2.45, 2.75) is 20.0 Å². The van der Waals surface area contributed by atoms with E-state index < -0.39 is 5.97 Å². The van der Waals surface area contributed by atoms with Gasteiger partial charge in [0.2, 0.25) is 0 Å². The van der Waals surface area contributed by atoms with Gasteiger partial charge in [-0.15, -0.1) is 11.3 Å². The van der Waals surface area contributed by atoms with Gasteiger partial charge in [-0.25, -0.2) is 9.78 Å². The van der Waals surface area contributed by atoms with E-state index in [0.29, 0.717) is 23.9 Å². The molecule has 0 unspecified atom stereocenters. The van der Waals surface area contributed by atoms with Crippen molar-refractivity contribution in [3.8, 4) is 0 Å². The molecule has 6 nitrogen and oxygen atoms in total. The van der Waals surface area contributed by atoms with E-state index >= 15 is 0 Å². The maximum atomic E-state index is 11.3. The van der Waals surface area contributed by atoms with Crippen LogP contribution in [0.15, 0.2) is 27.7 Å². The summed E-state index contributed by atoms with van der Waals surface area (Å²) in [6.07, 6.45) is 3.34. The summed E-state index contributed by atoms with van der Waals surface area (Å²) in [5.74, 6) is -0.981. The molecular weight excluding hydrogens is 298 g/mol. The fourth-order valence-corrected chi connectivity index (χ4v) is 2.87. The van der Waals surface area contributed by atoms with Crippen molar-refractivity contribution in [2.75, 3.05) is 13.2 Å². The summed E-state index contributed by atoms with van der Waals surface area (Å²) >= 11 is 2.55. The number of hydrogen-bond donors (Lipinski definition) is 1. The molecule has 1 N–H and O–H groups in total. The number of carboxylic acids is 1. The molecule has 20 heavy (non-hydrogen) atoms. The molecule has 0 saturated heterocycles. The second-order valence-corrected chi connectivity index (χ2v) is 5.93. The molecule has 108 valence electrons. The molecule has 1 aliphatic heterocycles. The lowest BCUT2D eigenvalue weighted by molar-refractivity contribution is -0.133. The lowest BCUT2D eigenvalue weighted by Gasteiger charge is -2.24. The van der Waals surface area contributed by atoms with Gasteiger partial charge in [0.25, 0.3) is 0 Å². The van der Waals surface area contributed by atoms with E-state index in [1.54, 1.807) is 16.6 Å². The fraction of sp³-hybridized carbons (Fsp3) is 0.417. The molecule has 1 aromatic heterocycles. The van der Waals surface area contributed by atoms with Gasteiger partial charge >= 0.3 is 5.97 Å². The lowest BCUT2D eigenvalue weighted by Crippen LogP contribution is -2.28. The predicted molar refractivity (Wildman–Crippen MR) is 79.8 cm³/mol. The van der Waals surface area contributed by atoms with Crippen LogP contribution in [0.5, 0.6) is 0 Å². The molecule has 0 fully saturated rings. The lowest BCUT2D eigenvalue weighted by atomic mass is 10.3. The average Bonchev–Trinajstić information content (AvgIpc) is 2.92. The largest absolute Gasteiger partial charge is 0.477 e. The standard InChI is InChI=1S/C12H15N3O3S2/c1-8(2)18-5-4-15-10(12(16)17)7-9(14-20-15)11-13-3-6-19-11/h3,6-8H,4-5H2,1-2H3,(H,16,17). The summed E-state index contributed by atoms with van der Waals surface area (Å²) in [7, 11) is 0. The Kier molecular flexibility index (Phi) is 5.16. The van der Waals surface area contributed by atoms with E-state index in [1.165, 1.54) is 11.3 Å². The number of aliphatic carboxylic acids is 1. The van der Waals surface area contributed by atoms with Gasteiger partial charge < -0.3 is 9.84 Å². The molecular formula is C12H15N3O3S2. The van der Waals surface area contributed by atoms with Crippen LogP contribution in [0.2, 0.25) is 0 Å². The topological polar surface area (TPSA) is 75.0 Å². The van der Waals surface area contributed by atoms with Crippen LogP contribution in [0.4, 0.5) is 0 Å². The highest BCUT2D eigenvalue weighted by atomic mass is 32.2. The third-order valence-corrected chi connectivity index (χ3v) is 4.05. The van der Waals surface area contributed by atoms with Gasteiger partial charge in [-0.3, -0.25) is 4.31 Å². The number of nitrogens with zero attached hydrogens (tertiary/aromatic N) is 3. The van der Waals surface area contributed by atoms with Crippen LogP contribution < -0.4 is 0 Å². The number of carbonyl (C=O) groups is 1. The third-order valence-electron chi connectivity index (χ3n) is 2.40. The molecule has 0 saturated carbocycles. The molecule has 2 rings (SSSR count). The van der Waals surface area contributed by atoms with Gasteiger partial charge in [0.15, 0.2) is 0 Å². The van der Waals surface area contributed by atoms with Crippen molar-refractivity contribution in [2.24, 2.45) is 4.40 Å². The van der Waals surface area contributed by atoms with E-state index in [9.17, 15) is 9.90 Å². The summed E-state index contributed by atoms with van der Waals surface area (Å²) in [6, 6.07) is 0. The van der Waals surface area contributed by atoms with E-state index in [1.807, 2.05) is 19.2 Å². The molecule has 0 bridgehead atoms. The van der Waals surface area contributed by atoms with Gasteiger partial charge in [0.05, 0.1) is 31.4 Å². The highest BCUT2D eigenvalue weighted by molar-refractivity contribution is 7.96. The molecule has 0 amide bonds. The second-order valence-electron chi connectivity index (χ2n) is 4.25. The number of carboxylic acid groups (broad SMARTS) is 1. The molecule has 0 aliphatic carbocycles. The Morgan fingerprint density at radius 1 is 1.55 bits per heavy atom. The summed E-state index contributed by atoms with van der Waals surface area (Å²) in [5, 5.41) is 11.8. The Hall–Kier alpha value is -1.38. The monoisotopic (exact) mass is 313 g/mol. The molecule has 0 radical (unpaired) electrons. The first-order valence-corrected chi connectivity index (χ1v) is 7.68. The molecule has 0 spiro atoms. The summed E-state index contributed by atoms with van der Waals surface area (Å²) in [5.41, 5.74) is 0.783. The van der Waals surface area contributed by atoms with Crippen LogP contribution in [0.1, 0.15) is 18.9 Å². The summed E-state index contributed by atoms with van der Waals surface area (Å²) in [6.45, 7) is 4.80. The maximum Gasteiger partial charge on any atom is 0.353 e. The second kappa shape index (κ2) is 6.87. The van der Waals surface area contributed by atoms with E-state index in [0.717, 1.165) is 12.1 Å². The quantitative estimate of drug-likeness (QED) is 0.812. The average molecular weight is 313 g/mol. The van der Waals surface area contributed by atoms with Crippen molar-refractivity contribution in [1.29, 1.82) is 0 Å². The van der Waals surface area contributed by atoms with Crippen molar-refractivity contribution < 1.29 is 14.6 Å². The van der Waals surface area contributed by atoms with Gasteiger partial charge in [-0.2, -0.15) is 4.40 Å². The highest BCUT2D eigenvalue weighted by Crippen LogP contribution is 2.26. The first-order valence-electron chi connectivity index (χ1n) is 6.07. The Labute approximate surface area is 125 Å². The van der Waals surface area contributed by atoms with Crippen molar-refractivity contribution in [3.05, 3.63) is 28.4 Å². The SMILES string of the molecule is CC(C)OCCN1SN=C(c2nccs2)C=C1C(=O)O. The minimum absolute atomic E-state index is 0.122. The molecule has 8 heteroatoms. The number of rotatable bonds is 6. The molecule has 2 heterocycles. The first-order chi connectivity index (χ1) is 9.58. The minimum Gasteiger partial charge on any atom is -0.477 e. The van der Waals surface area contributed by atoms with Crippen molar-refractivity contribution >= 4 is 35.2 Å². The van der Waals surface area contributed by atoms with E-state index in [-0.39, 0.29) is 11.8 Å². The minimum atomic E-state index is -0.981. The van der Waals surface area contributed by atoms with Crippen LogP contribution in [0.25, 0.3) is 0 Å². The van der Waals surface area contributed by atoms with E-state index in [4.69, 9.17) is 4.74 Å². The third kappa shape index (κ3) is 3.81. The molecule has 0 aromatic carbocycles. The zero-order valence-electron chi connectivity index (χ0n) is 11.1. The molecule has 0 atom stereocenters. The van der Waals surface area contributed by atoms with Crippen LogP contribution in [-0.4, -0.2) is 45.3 Å². The fourth-order valence-electron chi connectivity index (χ4n) is 1.52. The number of thiazole rings is 1. The summed E-state index contributed by atoms with van der Waals surface area (Å²) < 4.78 is 11.3. The van der Waals surface area contributed by atoms with Gasteiger partial charge in [0.1, 0.15) is 16.4 Å². The van der Waals surface area contributed by atoms with Crippen LogP contribution in [0.3, 0.4) is 0 Å². The van der Waals surface area contributed by atoms with Crippen LogP contribution in [-0.2, 0) is 9.53 Å². The zero-order valence-corrected chi connectivity index (χ0v) is 12.8. The van der Waals surface area contributed by atoms with E-state index in [2.05, 4.69) is 9.38 Å². The Morgan fingerprint density at radius 2 is 2.35 bits per heavy atom. The Bertz CT molecular complexity index is 526. The highest BCUT2D eigenvalue weighted by Gasteiger charge is 2.23. The Morgan fingerprint density at radius 3 is 2.95 bits per heavy atom. The van der Waals surface area contributed by atoms with Crippen LogP contribution >= 0.6 is 23.5 Å². The normalized spacial score (nSPS) is 15.2. The maximum absolute atomic E-state index is 11.3. The van der Waals surface area contributed by atoms with Crippen LogP contribution in [0, 0.1) is 0 Å². The van der Waals surface area contributed by atoms with Crippen molar-refractivity contribution in [1.82, 2.24) is 9.29 Å². The van der Waals surface area contributed by atoms with Gasteiger partial charge in [-0.05, 0) is 19.9 Å².